The van der Waals surface area contributed by atoms with Gasteiger partial charge in [0.1, 0.15) is 0 Å². The van der Waals surface area contributed by atoms with Crippen LogP contribution in [0.25, 0.3) is 0 Å². The topological polar surface area (TPSA) is 18.5 Å². The van der Waals surface area contributed by atoms with Crippen molar-refractivity contribution in [2.24, 2.45) is 0 Å². The number of methoxy groups -OCH3 is 1. The Kier molecular flexibility index (Phi) is 6.98. The van der Waals surface area contributed by atoms with Crippen molar-refractivity contribution in [1.82, 2.24) is 0 Å². The van der Waals surface area contributed by atoms with E-state index < -0.39 is 0 Å². The zero-order chi connectivity index (χ0) is 7.82. The van der Waals surface area contributed by atoms with E-state index in [1.807, 2.05) is 0 Å². The first-order valence-corrected chi connectivity index (χ1v) is 3.74. The number of ether oxygens (including phenoxy) is 2. The second-order valence-electron chi connectivity index (χ2n) is 2.29. The minimum Gasteiger partial charge on any atom is -0.379 e. The third-order valence-corrected chi connectivity index (χ3v) is 1.28. The largest absolute Gasteiger partial charge is 0.379 e. The molecule has 0 fully saturated rings. The summed E-state index contributed by atoms with van der Waals surface area (Å²) in [5, 5.41) is 0. The molecule has 2 heteroatoms. The van der Waals surface area contributed by atoms with Gasteiger partial charge in [-0.25, -0.2) is 0 Å². The third-order valence-electron chi connectivity index (χ3n) is 1.28. The third kappa shape index (κ3) is 6.05. The highest BCUT2D eigenvalue weighted by Crippen LogP contribution is 1.91. The van der Waals surface area contributed by atoms with Crippen molar-refractivity contribution in [2.45, 2.75) is 25.9 Å². The summed E-state index contributed by atoms with van der Waals surface area (Å²) >= 11 is 0. The van der Waals surface area contributed by atoms with Gasteiger partial charge in [0.2, 0.25) is 0 Å². The normalized spacial score (nSPS) is 13.5. The van der Waals surface area contributed by atoms with E-state index in [-0.39, 0.29) is 6.10 Å². The molecule has 0 rings (SSSR count). The second-order valence-corrected chi connectivity index (χ2v) is 2.29. The second kappa shape index (κ2) is 7.03. The smallest absolute Gasteiger partial charge is 0.0805 e. The predicted molar refractivity (Wildman–Crippen MR) is 41.9 cm³/mol. The lowest BCUT2D eigenvalue weighted by molar-refractivity contribution is 0.0308. The predicted octanol–water partition coefficient (Wildman–Crippen LogP) is 1.65. The Morgan fingerprint density at radius 2 is 2.20 bits per heavy atom. The van der Waals surface area contributed by atoms with Crippen LogP contribution in [-0.2, 0) is 9.47 Å². The van der Waals surface area contributed by atoms with E-state index in [1.54, 1.807) is 7.11 Å². The van der Waals surface area contributed by atoms with Crippen LogP contribution in [0.5, 0.6) is 0 Å². The highest BCUT2D eigenvalue weighted by atomic mass is 16.5. The van der Waals surface area contributed by atoms with Crippen LogP contribution in [0.1, 0.15) is 19.8 Å². The van der Waals surface area contributed by atoms with Gasteiger partial charge >= 0.3 is 0 Å². The molecule has 0 saturated heterocycles. The van der Waals surface area contributed by atoms with Crippen LogP contribution in [0.15, 0.2) is 0 Å². The van der Waals surface area contributed by atoms with Crippen molar-refractivity contribution in [3.63, 3.8) is 0 Å². The summed E-state index contributed by atoms with van der Waals surface area (Å²) in [6.45, 7) is 7.28. The molecule has 1 unspecified atom stereocenters. The molecular weight excluding hydrogens is 128 g/mol. The molecule has 2 nitrogen and oxygen atoms in total. The summed E-state index contributed by atoms with van der Waals surface area (Å²) in [4.78, 5) is 0. The Balaban J connectivity index is 2.89. The molecule has 0 aromatic rings. The van der Waals surface area contributed by atoms with Gasteiger partial charge in [-0.1, -0.05) is 13.3 Å². The van der Waals surface area contributed by atoms with E-state index in [1.165, 1.54) is 6.42 Å². The van der Waals surface area contributed by atoms with Crippen molar-refractivity contribution >= 4 is 0 Å². The molecule has 0 aliphatic rings. The van der Waals surface area contributed by atoms with E-state index in [2.05, 4.69) is 13.8 Å². The summed E-state index contributed by atoms with van der Waals surface area (Å²) < 4.78 is 10.1. The lowest BCUT2D eigenvalue weighted by Gasteiger charge is -2.08. The molecule has 0 aliphatic heterocycles. The molecule has 0 aromatic carbocycles. The van der Waals surface area contributed by atoms with Gasteiger partial charge in [0.15, 0.2) is 0 Å². The Morgan fingerprint density at radius 1 is 1.50 bits per heavy atom. The van der Waals surface area contributed by atoms with Gasteiger partial charge in [0.25, 0.3) is 0 Å². The zero-order valence-corrected chi connectivity index (χ0v) is 6.93. The lowest BCUT2D eigenvalue weighted by atomic mass is 10.3. The monoisotopic (exact) mass is 145 g/mol. The number of rotatable bonds is 6. The average molecular weight is 145 g/mol. The van der Waals surface area contributed by atoms with Crippen LogP contribution in [0.3, 0.4) is 0 Å². The molecule has 61 valence electrons. The summed E-state index contributed by atoms with van der Waals surface area (Å²) in [6, 6.07) is 0. The highest BCUT2D eigenvalue weighted by Gasteiger charge is 1.97. The Bertz CT molecular complexity index is 64.3. The number of unbranched alkanes of at least 4 members (excludes halogenated alkanes) is 1. The fourth-order valence-corrected chi connectivity index (χ4v) is 0.529. The molecule has 10 heavy (non-hydrogen) atoms. The molecule has 0 saturated carbocycles. The number of hydrogen-bond donors (Lipinski definition) is 0. The minimum atomic E-state index is -0.0168. The van der Waals surface area contributed by atoms with Crippen molar-refractivity contribution in [3.05, 3.63) is 6.92 Å². The maximum absolute atomic E-state index is 5.24. The van der Waals surface area contributed by atoms with E-state index in [0.717, 1.165) is 13.0 Å². The highest BCUT2D eigenvalue weighted by molar-refractivity contribution is 4.55. The van der Waals surface area contributed by atoms with Crippen molar-refractivity contribution in [2.75, 3.05) is 20.3 Å². The van der Waals surface area contributed by atoms with Crippen LogP contribution >= 0.6 is 0 Å². The average Bonchev–Trinajstić information content (AvgIpc) is 1.98. The molecule has 0 aliphatic carbocycles. The van der Waals surface area contributed by atoms with E-state index in [4.69, 9.17) is 9.47 Å². The van der Waals surface area contributed by atoms with Gasteiger partial charge in [-0.2, -0.15) is 0 Å². The molecular formula is C8H17O2. The molecule has 1 radical (unpaired) electrons. The van der Waals surface area contributed by atoms with E-state index >= 15 is 0 Å². The summed E-state index contributed by atoms with van der Waals surface area (Å²) in [5.41, 5.74) is 0. The van der Waals surface area contributed by atoms with Crippen LogP contribution < -0.4 is 0 Å². The SMILES string of the molecule is [CH2]C(COCCCC)OC. The molecule has 1 atom stereocenters. The van der Waals surface area contributed by atoms with Gasteiger partial charge in [-0.15, -0.1) is 0 Å². The van der Waals surface area contributed by atoms with Crippen molar-refractivity contribution in [1.29, 1.82) is 0 Å². The maximum atomic E-state index is 5.24. The first-order chi connectivity index (χ1) is 4.81. The van der Waals surface area contributed by atoms with Crippen molar-refractivity contribution in [3.8, 4) is 0 Å². The van der Waals surface area contributed by atoms with Crippen LogP contribution in [-0.4, -0.2) is 26.4 Å². The zero-order valence-electron chi connectivity index (χ0n) is 6.93. The van der Waals surface area contributed by atoms with Crippen molar-refractivity contribution < 1.29 is 9.47 Å². The fourth-order valence-electron chi connectivity index (χ4n) is 0.529. The van der Waals surface area contributed by atoms with E-state index in [9.17, 15) is 0 Å². The van der Waals surface area contributed by atoms with Gasteiger partial charge in [0.05, 0.1) is 12.7 Å². The standard InChI is InChI=1S/C8H17O2/c1-4-5-6-10-7-8(2)9-3/h8H,2,4-7H2,1,3H3. The first kappa shape index (κ1) is 9.92. The molecule has 0 bridgehead atoms. The lowest BCUT2D eigenvalue weighted by Crippen LogP contribution is -2.14. The molecule has 0 aromatic heterocycles. The first-order valence-electron chi connectivity index (χ1n) is 3.74. The molecule has 0 N–H and O–H groups in total. The Labute approximate surface area is 63.5 Å². The summed E-state index contributed by atoms with van der Waals surface area (Å²) in [7, 11) is 1.64. The van der Waals surface area contributed by atoms with Gasteiger partial charge in [0, 0.05) is 13.7 Å². The summed E-state index contributed by atoms with van der Waals surface area (Å²) in [5.74, 6) is 0. The maximum Gasteiger partial charge on any atom is 0.0805 e. The van der Waals surface area contributed by atoms with Crippen LogP contribution in [0.4, 0.5) is 0 Å². The van der Waals surface area contributed by atoms with Gasteiger partial charge in [-0.3, -0.25) is 0 Å². The molecule has 0 amide bonds. The minimum absolute atomic E-state index is 0.0168. The molecule has 0 spiro atoms. The Morgan fingerprint density at radius 3 is 2.70 bits per heavy atom. The van der Waals surface area contributed by atoms with Crippen LogP contribution in [0.2, 0.25) is 0 Å². The van der Waals surface area contributed by atoms with Gasteiger partial charge < -0.3 is 9.47 Å². The molecule has 0 heterocycles. The Hall–Kier alpha value is -0.0800. The summed E-state index contributed by atoms with van der Waals surface area (Å²) in [6.07, 6.45) is 2.28. The quantitative estimate of drug-likeness (QED) is 0.529. The van der Waals surface area contributed by atoms with Gasteiger partial charge in [-0.05, 0) is 13.3 Å². The number of hydrogen-bond acceptors (Lipinski definition) is 2. The van der Waals surface area contributed by atoms with Crippen LogP contribution in [0, 0.1) is 6.92 Å². The van der Waals surface area contributed by atoms with E-state index in [0.29, 0.717) is 6.61 Å². The fraction of sp³-hybridized carbons (Fsp3) is 0.875.